The largest absolute Gasteiger partial charge is 0.481 e. The van der Waals surface area contributed by atoms with Crippen molar-refractivity contribution in [3.8, 4) is 0 Å². The van der Waals surface area contributed by atoms with E-state index < -0.39 is 48.8 Å². The van der Waals surface area contributed by atoms with E-state index in [2.05, 4.69) is 21.3 Å². The molecule has 3 amide bonds. The van der Waals surface area contributed by atoms with Crippen LogP contribution in [0.5, 0.6) is 0 Å². The summed E-state index contributed by atoms with van der Waals surface area (Å²) in [5.74, 6) is -4.71. The van der Waals surface area contributed by atoms with E-state index in [9.17, 15) is 29.1 Å². The molecular weight excluding hydrogens is 408 g/mol. The van der Waals surface area contributed by atoms with Crippen molar-refractivity contribution in [3.63, 3.8) is 0 Å². The standard InChI is InChI=1S/C20H26N4O7/c25-16(11-22-18(28)13-7-4-8-21-13)23-14(10-17(26)27)19(29)24-15(20(30)31)9-12-5-2-1-3-6-12/h1-3,5-6,13-15,21H,4,7-11H2,(H,22,28)(H,23,25)(H,24,29)(H,26,27)(H,30,31). The molecule has 0 aromatic heterocycles. The number of carbonyl (C=O) groups is 5. The van der Waals surface area contributed by atoms with Crippen LogP contribution in [-0.2, 0) is 30.4 Å². The fourth-order valence-electron chi connectivity index (χ4n) is 3.15. The molecule has 0 spiro atoms. The summed E-state index contributed by atoms with van der Waals surface area (Å²) in [5, 5.41) is 28.4. The van der Waals surface area contributed by atoms with Gasteiger partial charge in [-0.2, -0.15) is 0 Å². The maximum atomic E-state index is 12.5. The van der Waals surface area contributed by atoms with Crippen LogP contribution in [0.2, 0.25) is 0 Å². The van der Waals surface area contributed by atoms with Crippen LogP contribution < -0.4 is 21.3 Å². The lowest BCUT2D eigenvalue weighted by Crippen LogP contribution is -2.54. The molecule has 0 bridgehead atoms. The van der Waals surface area contributed by atoms with Gasteiger partial charge in [-0.3, -0.25) is 19.2 Å². The molecule has 0 aliphatic carbocycles. The minimum Gasteiger partial charge on any atom is -0.481 e. The third kappa shape index (κ3) is 8.05. The highest BCUT2D eigenvalue weighted by Gasteiger charge is 2.29. The Kier molecular flexibility index (Phi) is 8.94. The summed E-state index contributed by atoms with van der Waals surface area (Å²) in [6.45, 7) is 0.269. The van der Waals surface area contributed by atoms with Gasteiger partial charge in [0.05, 0.1) is 19.0 Å². The van der Waals surface area contributed by atoms with E-state index in [4.69, 9.17) is 5.11 Å². The van der Waals surface area contributed by atoms with E-state index >= 15 is 0 Å². The van der Waals surface area contributed by atoms with Crippen LogP contribution in [0.4, 0.5) is 0 Å². The number of hydrogen-bond acceptors (Lipinski definition) is 6. The normalized spacial score (nSPS) is 17.2. The lowest BCUT2D eigenvalue weighted by molar-refractivity contribution is -0.143. The van der Waals surface area contributed by atoms with E-state index in [1.165, 1.54) is 0 Å². The van der Waals surface area contributed by atoms with Crippen molar-refractivity contribution in [1.29, 1.82) is 0 Å². The molecule has 31 heavy (non-hydrogen) atoms. The van der Waals surface area contributed by atoms with Gasteiger partial charge in [-0.15, -0.1) is 0 Å². The molecule has 3 unspecified atom stereocenters. The summed E-state index contributed by atoms with van der Waals surface area (Å²) in [5.41, 5.74) is 0.664. The van der Waals surface area contributed by atoms with E-state index in [-0.39, 0.29) is 18.4 Å². The summed E-state index contributed by atoms with van der Waals surface area (Å²) < 4.78 is 0. The van der Waals surface area contributed by atoms with Gasteiger partial charge in [0.1, 0.15) is 12.1 Å². The molecule has 1 aromatic rings. The Labute approximate surface area is 178 Å². The number of benzene rings is 1. The molecule has 11 nitrogen and oxygen atoms in total. The van der Waals surface area contributed by atoms with Gasteiger partial charge in [0.25, 0.3) is 0 Å². The Morgan fingerprint density at radius 2 is 1.74 bits per heavy atom. The number of hydrogen-bond donors (Lipinski definition) is 6. The minimum absolute atomic E-state index is 0.0138. The van der Waals surface area contributed by atoms with Gasteiger partial charge in [-0.05, 0) is 24.9 Å². The van der Waals surface area contributed by atoms with Gasteiger partial charge < -0.3 is 31.5 Å². The fourth-order valence-corrected chi connectivity index (χ4v) is 3.15. The number of carboxylic acids is 2. The molecule has 1 heterocycles. The van der Waals surface area contributed by atoms with Crippen molar-refractivity contribution in [3.05, 3.63) is 35.9 Å². The second-order valence-electron chi connectivity index (χ2n) is 7.17. The SMILES string of the molecule is O=C(O)CC(NC(=O)CNC(=O)C1CCCN1)C(=O)NC(Cc1ccccc1)C(=O)O. The summed E-state index contributed by atoms with van der Waals surface area (Å²) in [6.07, 6.45) is 0.738. The van der Waals surface area contributed by atoms with Crippen molar-refractivity contribution in [2.75, 3.05) is 13.1 Å². The van der Waals surface area contributed by atoms with Crippen LogP contribution in [0, 0.1) is 0 Å². The van der Waals surface area contributed by atoms with E-state index in [0.29, 0.717) is 18.5 Å². The maximum absolute atomic E-state index is 12.5. The maximum Gasteiger partial charge on any atom is 0.326 e. The average molecular weight is 434 g/mol. The molecule has 1 aromatic carbocycles. The molecule has 11 heteroatoms. The summed E-state index contributed by atoms with van der Waals surface area (Å²) in [6, 6.07) is 5.40. The van der Waals surface area contributed by atoms with Crippen molar-refractivity contribution in [2.24, 2.45) is 0 Å². The highest BCUT2D eigenvalue weighted by atomic mass is 16.4. The number of aliphatic carboxylic acids is 2. The summed E-state index contributed by atoms with van der Waals surface area (Å²) in [4.78, 5) is 59.3. The smallest absolute Gasteiger partial charge is 0.326 e. The number of amides is 3. The second-order valence-corrected chi connectivity index (χ2v) is 7.17. The van der Waals surface area contributed by atoms with Crippen molar-refractivity contribution >= 4 is 29.7 Å². The Bertz CT molecular complexity index is 809. The van der Waals surface area contributed by atoms with Gasteiger partial charge in [0.2, 0.25) is 17.7 Å². The minimum atomic E-state index is -1.50. The lowest BCUT2D eigenvalue weighted by Gasteiger charge is -2.21. The molecule has 0 saturated carbocycles. The van der Waals surface area contributed by atoms with Gasteiger partial charge in [0.15, 0.2) is 0 Å². The molecule has 168 valence electrons. The van der Waals surface area contributed by atoms with E-state index in [0.717, 1.165) is 6.42 Å². The Morgan fingerprint density at radius 3 is 2.32 bits per heavy atom. The third-order valence-corrected chi connectivity index (χ3v) is 4.73. The van der Waals surface area contributed by atoms with Crippen LogP contribution in [0.15, 0.2) is 30.3 Å². The number of carbonyl (C=O) groups excluding carboxylic acids is 3. The Balaban J connectivity index is 1.94. The highest BCUT2D eigenvalue weighted by molar-refractivity contribution is 5.94. The van der Waals surface area contributed by atoms with Crippen LogP contribution in [0.25, 0.3) is 0 Å². The van der Waals surface area contributed by atoms with E-state index in [1.54, 1.807) is 30.3 Å². The van der Waals surface area contributed by atoms with Gasteiger partial charge in [-0.25, -0.2) is 4.79 Å². The molecule has 3 atom stereocenters. The third-order valence-electron chi connectivity index (χ3n) is 4.73. The molecule has 1 aliphatic heterocycles. The first-order valence-corrected chi connectivity index (χ1v) is 9.85. The summed E-state index contributed by atoms with van der Waals surface area (Å²) in [7, 11) is 0. The first-order valence-electron chi connectivity index (χ1n) is 9.85. The first-order chi connectivity index (χ1) is 14.8. The molecule has 0 radical (unpaired) electrons. The topological polar surface area (TPSA) is 174 Å². The first kappa shape index (κ1) is 23.8. The molecule has 1 aliphatic rings. The monoisotopic (exact) mass is 434 g/mol. The van der Waals surface area contributed by atoms with Crippen molar-refractivity contribution in [1.82, 2.24) is 21.3 Å². The fraction of sp³-hybridized carbons (Fsp3) is 0.450. The number of carboxylic acid groups (broad SMARTS) is 2. The molecular formula is C20H26N4O7. The van der Waals surface area contributed by atoms with Gasteiger partial charge in [0, 0.05) is 6.42 Å². The predicted octanol–water partition coefficient (Wildman–Crippen LogP) is -1.37. The molecule has 2 rings (SSSR count). The number of rotatable bonds is 11. The quantitative estimate of drug-likeness (QED) is 0.247. The Morgan fingerprint density at radius 1 is 1.03 bits per heavy atom. The second kappa shape index (κ2) is 11.6. The zero-order valence-corrected chi connectivity index (χ0v) is 16.8. The van der Waals surface area contributed by atoms with Gasteiger partial charge in [-0.1, -0.05) is 30.3 Å². The highest BCUT2D eigenvalue weighted by Crippen LogP contribution is 2.05. The van der Waals surface area contributed by atoms with Crippen LogP contribution in [-0.4, -0.2) is 71.1 Å². The van der Waals surface area contributed by atoms with Crippen molar-refractivity contribution < 1.29 is 34.2 Å². The van der Waals surface area contributed by atoms with Crippen LogP contribution in [0.1, 0.15) is 24.8 Å². The average Bonchev–Trinajstić information content (AvgIpc) is 3.26. The molecule has 1 saturated heterocycles. The molecule has 6 N–H and O–H groups in total. The Hall–Kier alpha value is -3.47. The van der Waals surface area contributed by atoms with Crippen LogP contribution in [0.3, 0.4) is 0 Å². The molecule has 1 fully saturated rings. The van der Waals surface area contributed by atoms with E-state index in [1.807, 2.05) is 0 Å². The predicted molar refractivity (Wildman–Crippen MR) is 108 cm³/mol. The lowest BCUT2D eigenvalue weighted by atomic mass is 10.1. The summed E-state index contributed by atoms with van der Waals surface area (Å²) >= 11 is 0. The zero-order valence-electron chi connectivity index (χ0n) is 16.8. The van der Waals surface area contributed by atoms with Crippen molar-refractivity contribution in [2.45, 2.75) is 43.8 Å². The zero-order chi connectivity index (χ0) is 22.8. The number of nitrogens with one attached hydrogen (secondary N) is 4. The van der Waals surface area contributed by atoms with Gasteiger partial charge >= 0.3 is 11.9 Å². The van der Waals surface area contributed by atoms with Crippen LogP contribution >= 0.6 is 0 Å².